The molecule has 2 aromatic rings. The largest absolute Gasteiger partial charge is 0.494 e. The van der Waals surface area contributed by atoms with Crippen molar-refractivity contribution in [3.8, 4) is 5.75 Å². The van der Waals surface area contributed by atoms with Crippen molar-refractivity contribution in [1.82, 2.24) is 10.2 Å². The molecule has 0 saturated heterocycles. The van der Waals surface area contributed by atoms with Gasteiger partial charge < -0.3 is 20.1 Å². The van der Waals surface area contributed by atoms with Gasteiger partial charge in [0, 0.05) is 12.1 Å². The van der Waals surface area contributed by atoms with Crippen LogP contribution in [0.3, 0.4) is 0 Å². The molecule has 0 aliphatic rings. The van der Waals surface area contributed by atoms with Crippen LogP contribution in [-0.2, 0) is 16.1 Å². The number of rotatable bonds is 9. The first-order valence-electron chi connectivity index (χ1n) is 8.99. The Bertz CT molecular complexity index is 805. The van der Waals surface area contributed by atoms with Gasteiger partial charge in [0.05, 0.1) is 13.2 Å². The molecule has 148 valence electrons. The number of carbonyl (C=O) groups is 3. The van der Waals surface area contributed by atoms with Gasteiger partial charge in [0.2, 0.25) is 5.91 Å². The van der Waals surface area contributed by atoms with E-state index in [0.717, 1.165) is 5.56 Å². The topological polar surface area (TPSA) is 95.9 Å². The molecule has 7 heteroatoms. The maximum Gasteiger partial charge on any atom is 0.326 e. The number of carbonyl (C=O) groups excluding carboxylic acids is 2. The van der Waals surface area contributed by atoms with E-state index in [9.17, 15) is 19.5 Å². The highest BCUT2D eigenvalue weighted by Crippen LogP contribution is 2.12. The predicted octanol–water partition coefficient (Wildman–Crippen LogP) is 2.32. The molecule has 0 aliphatic heterocycles. The molecule has 2 N–H and O–H groups in total. The standard InChI is InChI=1S/C21H24N2O5/c1-3-28-18-11-9-17(10-12-18)20(25)22-13-19(24)23(15(2)21(26)27)14-16-7-5-4-6-8-16/h4-12,15H,3,13-14H2,1-2H3,(H,22,25)(H,26,27). The van der Waals surface area contributed by atoms with E-state index in [4.69, 9.17) is 4.74 Å². The average Bonchev–Trinajstić information content (AvgIpc) is 2.71. The Morgan fingerprint density at radius 2 is 1.71 bits per heavy atom. The summed E-state index contributed by atoms with van der Waals surface area (Å²) in [6.07, 6.45) is 0. The Morgan fingerprint density at radius 3 is 2.29 bits per heavy atom. The van der Waals surface area contributed by atoms with Crippen LogP contribution in [0.5, 0.6) is 5.75 Å². The summed E-state index contributed by atoms with van der Waals surface area (Å²) in [5, 5.41) is 11.9. The predicted molar refractivity (Wildman–Crippen MR) is 104 cm³/mol. The Hall–Kier alpha value is -3.35. The molecule has 2 rings (SSSR count). The molecule has 0 spiro atoms. The summed E-state index contributed by atoms with van der Waals surface area (Å²) in [5.41, 5.74) is 1.19. The fourth-order valence-electron chi connectivity index (χ4n) is 2.58. The molecular weight excluding hydrogens is 360 g/mol. The van der Waals surface area contributed by atoms with Crippen LogP contribution in [0, 0.1) is 0 Å². The van der Waals surface area contributed by atoms with E-state index in [2.05, 4.69) is 5.32 Å². The molecule has 2 amide bonds. The summed E-state index contributed by atoms with van der Waals surface area (Å²) in [5.74, 6) is -1.35. The molecule has 0 aromatic heterocycles. The number of nitrogens with zero attached hydrogens (tertiary/aromatic N) is 1. The number of hydrogen-bond acceptors (Lipinski definition) is 4. The van der Waals surface area contributed by atoms with Gasteiger partial charge in [-0.2, -0.15) is 0 Å². The molecule has 0 fully saturated rings. The van der Waals surface area contributed by atoms with Crippen molar-refractivity contribution in [2.75, 3.05) is 13.2 Å². The second-order valence-electron chi connectivity index (χ2n) is 6.16. The average molecular weight is 384 g/mol. The quantitative estimate of drug-likeness (QED) is 0.692. The van der Waals surface area contributed by atoms with Gasteiger partial charge in [0.25, 0.3) is 5.91 Å². The van der Waals surface area contributed by atoms with Crippen molar-refractivity contribution in [1.29, 1.82) is 0 Å². The van der Waals surface area contributed by atoms with E-state index >= 15 is 0 Å². The number of carboxylic acids is 1. The van der Waals surface area contributed by atoms with Crippen LogP contribution in [0.4, 0.5) is 0 Å². The number of aliphatic carboxylic acids is 1. The second kappa shape index (κ2) is 10.1. The molecule has 0 radical (unpaired) electrons. The molecule has 28 heavy (non-hydrogen) atoms. The maximum atomic E-state index is 12.6. The van der Waals surface area contributed by atoms with E-state index in [-0.39, 0.29) is 13.1 Å². The van der Waals surface area contributed by atoms with E-state index in [1.807, 2.05) is 37.3 Å². The summed E-state index contributed by atoms with van der Waals surface area (Å²) in [7, 11) is 0. The van der Waals surface area contributed by atoms with Gasteiger partial charge in [0.1, 0.15) is 11.8 Å². The molecular formula is C21H24N2O5. The number of amides is 2. The number of ether oxygens (including phenoxy) is 1. The number of benzene rings is 2. The van der Waals surface area contributed by atoms with Gasteiger partial charge in [-0.05, 0) is 43.7 Å². The first-order chi connectivity index (χ1) is 13.4. The molecule has 0 aliphatic carbocycles. The van der Waals surface area contributed by atoms with Crippen LogP contribution in [-0.4, -0.2) is 47.0 Å². The van der Waals surface area contributed by atoms with Gasteiger partial charge in [0.15, 0.2) is 0 Å². The highest BCUT2D eigenvalue weighted by molar-refractivity contribution is 5.97. The first-order valence-corrected chi connectivity index (χ1v) is 8.99. The minimum Gasteiger partial charge on any atom is -0.494 e. The van der Waals surface area contributed by atoms with Gasteiger partial charge in [-0.15, -0.1) is 0 Å². The summed E-state index contributed by atoms with van der Waals surface area (Å²) in [4.78, 5) is 37.5. The Balaban J connectivity index is 2.01. The zero-order valence-corrected chi connectivity index (χ0v) is 15.9. The van der Waals surface area contributed by atoms with Crippen molar-refractivity contribution in [2.24, 2.45) is 0 Å². The summed E-state index contributed by atoms with van der Waals surface area (Å²) in [6.45, 7) is 3.69. The molecule has 1 unspecified atom stereocenters. The van der Waals surface area contributed by atoms with Crippen LogP contribution >= 0.6 is 0 Å². The van der Waals surface area contributed by atoms with Crippen molar-refractivity contribution < 1.29 is 24.2 Å². The lowest BCUT2D eigenvalue weighted by molar-refractivity contribution is -0.149. The number of nitrogens with one attached hydrogen (secondary N) is 1. The summed E-state index contributed by atoms with van der Waals surface area (Å²) < 4.78 is 5.33. The molecule has 2 aromatic carbocycles. The van der Waals surface area contributed by atoms with Gasteiger partial charge in [-0.25, -0.2) is 4.79 Å². The third-order valence-corrected chi connectivity index (χ3v) is 4.17. The highest BCUT2D eigenvalue weighted by Gasteiger charge is 2.25. The normalized spacial score (nSPS) is 11.4. The first kappa shape index (κ1) is 21.0. The minimum absolute atomic E-state index is 0.145. The van der Waals surface area contributed by atoms with Crippen molar-refractivity contribution >= 4 is 17.8 Å². The molecule has 1 atom stereocenters. The van der Waals surface area contributed by atoms with Crippen LogP contribution in [0.25, 0.3) is 0 Å². The Morgan fingerprint density at radius 1 is 1.07 bits per heavy atom. The van der Waals surface area contributed by atoms with Gasteiger partial charge in [-0.1, -0.05) is 30.3 Å². The highest BCUT2D eigenvalue weighted by atomic mass is 16.5. The van der Waals surface area contributed by atoms with Crippen LogP contribution < -0.4 is 10.1 Å². The van der Waals surface area contributed by atoms with E-state index in [0.29, 0.717) is 17.9 Å². The lowest BCUT2D eigenvalue weighted by Gasteiger charge is -2.27. The van der Waals surface area contributed by atoms with Gasteiger partial charge in [-0.3, -0.25) is 9.59 Å². The lowest BCUT2D eigenvalue weighted by Crippen LogP contribution is -2.47. The third-order valence-electron chi connectivity index (χ3n) is 4.17. The Labute approximate surface area is 163 Å². The molecule has 0 heterocycles. The monoisotopic (exact) mass is 384 g/mol. The van der Waals surface area contributed by atoms with Crippen molar-refractivity contribution in [2.45, 2.75) is 26.4 Å². The molecule has 0 saturated carbocycles. The lowest BCUT2D eigenvalue weighted by atomic mass is 10.1. The maximum absolute atomic E-state index is 12.6. The minimum atomic E-state index is -1.11. The van der Waals surface area contributed by atoms with E-state index in [1.165, 1.54) is 11.8 Å². The third kappa shape index (κ3) is 5.84. The fraction of sp³-hybridized carbons (Fsp3) is 0.286. The van der Waals surface area contributed by atoms with Crippen LogP contribution in [0.1, 0.15) is 29.8 Å². The van der Waals surface area contributed by atoms with E-state index in [1.54, 1.807) is 24.3 Å². The van der Waals surface area contributed by atoms with Crippen molar-refractivity contribution in [3.05, 3.63) is 65.7 Å². The fourth-order valence-corrected chi connectivity index (χ4v) is 2.58. The van der Waals surface area contributed by atoms with Crippen molar-refractivity contribution in [3.63, 3.8) is 0 Å². The van der Waals surface area contributed by atoms with Crippen LogP contribution in [0.2, 0.25) is 0 Å². The van der Waals surface area contributed by atoms with E-state index < -0.39 is 23.8 Å². The Kier molecular flexibility index (Phi) is 7.56. The number of carboxylic acid groups (broad SMARTS) is 1. The zero-order chi connectivity index (χ0) is 20.5. The second-order valence-corrected chi connectivity index (χ2v) is 6.16. The SMILES string of the molecule is CCOc1ccc(C(=O)NCC(=O)N(Cc2ccccc2)C(C)C(=O)O)cc1. The number of hydrogen-bond donors (Lipinski definition) is 2. The summed E-state index contributed by atoms with van der Waals surface area (Å²) in [6, 6.07) is 14.6. The van der Waals surface area contributed by atoms with Gasteiger partial charge >= 0.3 is 5.97 Å². The smallest absolute Gasteiger partial charge is 0.326 e. The molecule has 7 nitrogen and oxygen atoms in total. The molecule has 0 bridgehead atoms. The summed E-state index contributed by atoms with van der Waals surface area (Å²) >= 11 is 0. The van der Waals surface area contributed by atoms with Crippen LogP contribution in [0.15, 0.2) is 54.6 Å². The zero-order valence-electron chi connectivity index (χ0n) is 15.9.